The molecule has 0 aliphatic heterocycles. The first-order chi connectivity index (χ1) is 10.3. The molecule has 7 nitrogen and oxygen atoms in total. The number of nitrogens with zero attached hydrogens (tertiary/aromatic N) is 4. The van der Waals surface area contributed by atoms with E-state index in [1.165, 1.54) is 11.3 Å². The average Bonchev–Trinajstić information content (AvgIpc) is 3.11. The smallest absolute Gasteiger partial charge is 0.277 e. The van der Waals surface area contributed by atoms with Crippen molar-refractivity contribution in [2.24, 2.45) is 0 Å². The largest absolute Gasteiger partial charge is 0.383 e. The maximum Gasteiger partial charge on any atom is 0.277 e. The van der Waals surface area contributed by atoms with Crippen LogP contribution in [0.5, 0.6) is 0 Å². The van der Waals surface area contributed by atoms with Gasteiger partial charge in [0.25, 0.3) is 5.91 Å². The van der Waals surface area contributed by atoms with Gasteiger partial charge in [0.2, 0.25) is 0 Å². The molecule has 0 fully saturated rings. The van der Waals surface area contributed by atoms with Gasteiger partial charge < -0.3 is 4.74 Å². The topological polar surface area (TPSA) is 81.9 Å². The lowest BCUT2D eigenvalue weighted by Crippen LogP contribution is -2.13. The predicted octanol–water partition coefficient (Wildman–Crippen LogP) is 1.79. The van der Waals surface area contributed by atoms with E-state index in [2.05, 4.69) is 20.4 Å². The molecule has 0 aromatic carbocycles. The van der Waals surface area contributed by atoms with E-state index in [9.17, 15) is 4.79 Å². The van der Waals surface area contributed by atoms with E-state index in [0.29, 0.717) is 24.0 Å². The molecule has 0 saturated carbocycles. The van der Waals surface area contributed by atoms with Crippen molar-refractivity contribution in [3.8, 4) is 0 Å². The highest BCUT2D eigenvalue weighted by molar-refractivity contribution is 7.21. The van der Waals surface area contributed by atoms with Gasteiger partial charge in [-0.2, -0.15) is 5.10 Å². The number of carbonyl (C=O) groups is 1. The third kappa shape index (κ3) is 3.06. The minimum Gasteiger partial charge on any atom is -0.383 e. The maximum atomic E-state index is 12.1. The van der Waals surface area contributed by atoms with E-state index in [-0.39, 0.29) is 5.91 Å². The number of thiazole rings is 1. The number of aromatic nitrogens is 4. The summed E-state index contributed by atoms with van der Waals surface area (Å²) in [4.78, 5) is 21.4. The van der Waals surface area contributed by atoms with Crippen molar-refractivity contribution >= 4 is 32.7 Å². The molecule has 3 aromatic rings. The molecular formula is C13H13N5O2S. The third-order valence-electron chi connectivity index (χ3n) is 2.78. The second kappa shape index (κ2) is 5.98. The number of anilines is 1. The number of hydrogen-bond acceptors (Lipinski definition) is 6. The highest BCUT2D eigenvalue weighted by Crippen LogP contribution is 2.23. The van der Waals surface area contributed by atoms with Crippen LogP contribution in [0, 0.1) is 0 Å². The van der Waals surface area contributed by atoms with Crippen LogP contribution in [0.4, 0.5) is 5.13 Å². The number of fused-ring (bicyclic) bond motifs is 1. The normalized spacial score (nSPS) is 10.9. The Labute approximate surface area is 124 Å². The van der Waals surface area contributed by atoms with Crippen molar-refractivity contribution < 1.29 is 9.53 Å². The van der Waals surface area contributed by atoms with Crippen molar-refractivity contribution in [2.75, 3.05) is 19.0 Å². The highest BCUT2D eigenvalue weighted by Gasteiger charge is 2.12. The van der Waals surface area contributed by atoms with E-state index in [1.807, 2.05) is 12.1 Å². The Balaban J connectivity index is 1.71. The SMILES string of the molecule is COCCn1ccc(C(=O)Nc2nc3cccnc3s2)n1. The van der Waals surface area contributed by atoms with E-state index in [4.69, 9.17) is 4.74 Å². The minimum absolute atomic E-state index is 0.287. The summed E-state index contributed by atoms with van der Waals surface area (Å²) in [5, 5.41) is 7.44. The molecule has 0 radical (unpaired) electrons. The molecule has 8 heteroatoms. The minimum atomic E-state index is -0.287. The number of pyridine rings is 1. The highest BCUT2D eigenvalue weighted by atomic mass is 32.1. The number of hydrogen-bond donors (Lipinski definition) is 1. The Hall–Kier alpha value is -2.32. The molecule has 3 aromatic heterocycles. The molecule has 0 aliphatic rings. The fourth-order valence-corrected chi connectivity index (χ4v) is 2.58. The molecule has 3 rings (SSSR count). The first-order valence-electron chi connectivity index (χ1n) is 6.31. The van der Waals surface area contributed by atoms with Gasteiger partial charge in [-0.25, -0.2) is 9.97 Å². The van der Waals surface area contributed by atoms with Crippen LogP contribution in [-0.2, 0) is 11.3 Å². The molecule has 0 spiro atoms. The van der Waals surface area contributed by atoms with Gasteiger partial charge in [0.15, 0.2) is 10.8 Å². The molecular weight excluding hydrogens is 290 g/mol. The number of ether oxygens (including phenoxy) is 1. The van der Waals surface area contributed by atoms with Crippen LogP contribution in [0.25, 0.3) is 10.3 Å². The Kier molecular flexibility index (Phi) is 3.89. The zero-order valence-corrected chi connectivity index (χ0v) is 12.1. The van der Waals surface area contributed by atoms with Gasteiger partial charge >= 0.3 is 0 Å². The molecule has 0 bridgehead atoms. The van der Waals surface area contributed by atoms with Crippen LogP contribution in [0.3, 0.4) is 0 Å². The molecule has 0 atom stereocenters. The van der Waals surface area contributed by atoms with E-state index >= 15 is 0 Å². The first kappa shape index (κ1) is 13.7. The van der Waals surface area contributed by atoms with Crippen molar-refractivity contribution in [3.05, 3.63) is 36.3 Å². The van der Waals surface area contributed by atoms with Crippen LogP contribution in [0.1, 0.15) is 10.5 Å². The van der Waals surface area contributed by atoms with Crippen LogP contribution < -0.4 is 5.32 Å². The molecule has 1 amide bonds. The quantitative estimate of drug-likeness (QED) is 0.777. The number of rotatable bonds is 5. The molecule has 0 saturated heterocycles. The Morgan fingerprint density at radius 1 is 1.48 bits per heavy atom. The molecule has 108 valence electrons. The number of amides is 1. The molecule has 1 N–H and O–H groups in total. The van der Waals surface area contributed by atoms with Crippen LogP contribution >= 0.6 is 11.3 Å². The van der Waals surface area contributed by atoms with Gasteiger partial charge in [-0.15, -0.1) is 0 Å². The van der Waals surface area contributed by atoms with Crippen molar-refractivity contribution in [2.45, 2.75) is 6.54 Å². The summed E-state index contributed by atoms with van der Waals surface area (Å²) < 4.78 is 6.63. The van der Waals surface area contributed by atoms with Gasteiger partial charge in [0.05, 0.1) is 13.2 Å². The summed E-state index contributed by atoms with van der Waals surface area (Å²) in [6.45, 7) is 1.15. The Bertz CT molecular complexity index is 734. The lowest BCUT2D eigenvalue weighted by molar-refractivity contribution is 0.102. The predicted molar refractivity (Wildman–Crippen MR) is 79.5 cm³/mol. The molecule has 0 aliphatic carbocycles. The maximum absolute atomic E-state index is 12.1. The Morgan fingerprint density at radius 2 is 2.38 bits per heavy atom. The van der Waals surface area contributed by atoms with Crippen LogP contribution in [0.15, 0.2) is 30.6 Å². The number of carbonyl (C=O) groups excluding carboxylic acids is 1. The lowest BCUT2D eigenvalue weighted by Gasteiger charge is -1.99. The second-order valence-corrected chi connectivity index (χ2v) is 5.24. The van der Waals surface area contributed by atoms with Crippen LogP contribution in [-0.4, -0.2) is 39.4 Å². The summed E-state index contributed by atoms with van der Waals surface area (Å²) in [6, 6.07) is 5.33. The molecule has 21 heavy (non-hydrogen) atoms. The fourth-order valence-electron chi connectivity index (χ4n) is 1.78. The zero-order chi connectivity index (χ0) is 14.7. The zero-order valence-electron chi connectivity index (χ0n) is 11.3. The van der Waals surface area contributed by atoms with E-state index in [0.717, 1.165) is 10.3 Å². The summed E-state index contributed by atoms with van der Waals surface area (Å²) in [7, 11) is 1.62. The van der Waals surface area contributed by atoms with Gasteiger partial charge in [0.1, 0.15) is 10.3 Å². The average molecular weight is 303 g/mol. The van der Waals surface area contributed by atoms with E-state index in [1.54, 1.807) is 30.3 Å². The molecule has 3 heterocycles. The van der Waals surface area contributed by atoms with Gasteiger partial charge in [-0.1, -0.05) is 11.3 Å². The third-order valence-corrected chi connectivity index (χ3v) is 3.68. The summed E-state index contributed by atoms with van der Waals surface area (Å²) in [5.41, 5.74) is 1.11. The summed E-state index contributed by atoms with van der Waals surface area (Å²) >= 11 is 1.33. The van der Waals surface area contributed by atoms with Gasteiger partial charge in [-0.3, -0.25) is 14.8 Å². The van der Waals surface area contributed by atoms with Crippen molar-refractivity contribution in [1.82, 2.24) is 19.7 Å². The second-order valence-electron chi connectivity index (χ2n) is 4.26. The summed E-state index contributed by atoms with van der Waals surface area (Å²) in [6.07, 6.45) is 3.44. The van der Waals surface area contributed by atoms with Gasteiger partial charge in [-0.05, 0) is 18.2 Å². The van der Waals surface area contributed by atoms with Crippen molar-refractivity contribution in [3.63, 3.8) is 0 Å². The van der Waals surface area contributed by atoms with E-state index < -0.39 is 0 Å². The fraction of sp³-hybridized carbons (Fsp3) is 0.231. The Morgan fingerprint density at radius 3 is 3.19 bits per heavy atom. The van der Waals surface area contributed by atoms with Crippen LogP contribution in [0.2, 0.25) is 0 Å². The lowest BCUT2D eigenvalue weighted by atomic mass is 10.4. The standard InChI is InChI=1S/C13H13N5O2S/c1-20-8-7-18-6-4-9(17-18)11(19)16-13-15-10-3-2-5-14-12(10)21-13/h2-6H,7-8H2,1H3,(H,15,16,19). The monoisotopic (exact) mass is 303 g/mol. The van der Waals surface area contributed by atoms with Gasteiger partial charge in [0, 0.05) is 19.5 Å². The van der Waals surface area contributed by atoms with Crippen molar-refractivity contribution in [1.29, 1.82) is 0 Å². The summed E-state index contributed by atoms with van der Waals surface area (Å²) in [5.74, 6) is -0.287. The number of methoxy groups -OCH3 is 1. The number of nitrogens with one attached hydrogen (secondary N) is 1. The molecule has 0 unspecified atom stereocenters. The first-order valence-corrected chi connectivity index (χ1v) is 7.13.